The summed E-state index contributed by atoms with van der Waals surface area (Å²) in [5.41, 5.74) is 0.263. The fourth-order valence-electron chi connectivity index (χ4n) is 1.66. The van der Waals surface area contributed by atoms with E-state index in [4.69, 9.17) is 14.7 Å². The van der Waals surface area contributed by atoms with E-state index in [1.165, 1.54) is 7.11 Å². The van der Waals surface area contributed by atoms with E-state index < -0.39 is 5.41 Å². The summed E-state index contributed by atoms with van der Waals surface area (Å²) in [6.45, 7) is 5.36. The molecule has 0 N–H and O–H groups in total. The number of nitriles is 1. The van der Waals surface area contributed by atoms with Crippen LogP contribution in [0.4, 0.5) is 0 Å². The molecule has 0 amide bonds. The fourth-order valence-corrected chi connectivity index (χ4v) is 1.66. The van der Waals surface area contributed by atoms with E-state index in [1.807, 2.05) is 6.07 Å². The summed E-state index contributed by atoms with van der Waals surface area (Å²) in [6.07, 6.45) is 1.57. The lowest BCUT2D eigenvalue weighted by Crippen LogP contribution is -2.21. The van der Waals surface area contributed by atoms with Crippen molar-refractivity contribution in [3.05, 3.63) is 29.3 Å². The SMILES string of the molecule is COc1ccc(C=C(C#N)C(=O)C(C)(C)C)cc1OC. The summed E-state index contributed by atoms with van der Waals surface area (Å²) in [5.74, 6) is 0.974. The summed E-state index contributed by atoms with van der Waals surface area (Å²) in [6, 6.07) is 7.20. The zero-order valence-electron chi connectivity index (χ0n) is 12.5. The lowest BCUT2D eigenvalue weighted by Gasteiger charge is -2.15. The van der Waals surface area contributed by atoms with Crippen LogP contribution in [0.15, 0.2) is 23.8 Å². The first-order valence-electron chi connectivity index (χ1n) is 6.22. The van der Waals surface area contributed by atoms with Gasteiger partial charge in [0.2, 0.25) is 0 Å². The summed E-state index contributed by atoms with van der Waals surface area (Å²) in [7, 11) is 3.09. The number of carbonyl (C=O) groups excluding carboxylic acids is 1. The largest absolute Gasteiger partial charge is 0.493 e. The van der Waals surface area contributed by atoms with Gasteiger partial charge in [-0.2, -0.15) is 5.26 Å². The van der Waals surface area contributed by atoms with Crippen molar-refractivity contribution in [2.24, 2.45) is 5.41 Å². The summed E-state index contributed by atoms with van der Waals surface area (Å²) < 4.78 is 10.3. The molecule has 0 aliphatic rings. The van der Waals surface area contributed by atoms with Gasteiger partial charge in [-0.1, -0.05) is 26.8 Å². The number of rotatable bonds is 4. The Balaban J connectivity index is 3.21. The number of nitrogens with zero attached hydrogens (tertiary/aromatic N) is 1. The van der Waals surface area contributed by atoms with Crippen molar-refractivity contribution < 1.29 is 14.3 Å². The van der Waals surface area contributed by atoms with Gasteiger partial charge in [0.25, 0.3) is 0 Å². The molecule has 20 heavy (non-hydrogen) atoms. The number of ether oxygens (including phenoxy) is 2. The molecule has 0 radical (unpaired) electrons. The smallest absolute Gasteiger partial charge is 0.178 e. The van der Waals surface area contributed by atoms with E-state index in [9.17, 15) is 4.79 Å². The molecule has 0 spiro atoms. The highest BCUT2D eigenvalue weighted by Gasteiger charge is 2.25. The number of allylic oxidation sites excluding steroid dienone is 1. The third-order valence-corrected chi connectivity index (χ3v) is 2.76. The van der Waals surface area contributed by atoms with Crippen LogP contribution in [0.1, 0.15) is 26.3 Å². The van der Waals surface area contributed by atoms with Crippen LogP contribution in [-0.4, -0.2) is 20.0 Å². The molecular formula is C16H19NO3. The van der Waals surface area contributed by atoms with Gasteiger partial charge in [-0.05, 0) is 23.8 Å². The minimum absolute atomic E-state index is 0.129. The Hall–Kier alpha value is -2.28. The molecule has 4 nitrogen and oxygen atoms in total. The molecule has 1 aromatic rings. The lowest BCUT2D eigenvalue weighted by atomic mass is 9.86. The zero-order chi connectivity index (χ0) is 15.3. The Kier molecular flexibility index (Phi) is 4.93. The van der Waals surface area contributed by atoms with E-state index in [-0.39, 0.29) is 11.4 Å². The maximum Gasteiger partial charge on any atom is 0.178 e. The predicted molar refractivity (Wildman–Crippen MR) is 77.6 cm³/mol. The van der Waals surface area contributed by atoms with Crippen LogP contribution in [0.25, 0.3) is 6.08 Å². The molecule has 106 valence electrons. The van der Waals surface area contributed by atoms with Gasteiger partial charge in [0.1, 0.15) is 6.07 Å². The topological polar surface area (TPSA) is 59.3 Å². The van der Waals surface area contributed by atoms with Crippen LogP contribution in [0.2, 0.25) is 0 Å². The van der Waals surface area contributed by atoms with E-state index in [0.29, 0.717) is 11.5 Å². The van der Waals surface area contributed by atoms with Crippen LogP contribution in [0, 0.1) is 16.7 Å². The van der Waals surface area contributed by atoms with Crippen LogP contribution < -0.4 is 9.47 Å². The van der Waals surface area contributed by atoms with Gasteiger partial charge in [0.05, 0.1) is 19.8 Å². The normalized spacial score (nSPS) is 11.7. The van der Waals surface area contributed by atoms with Gasteiger partial charge < -0.3 is 9.47 Å². The summed E-state index contributed by atoms with van der Waals surface area (Å²) in [5, 5.41) is 9.15. The Labute approximate surface area is 119 Å². The third-order valence-electron chi connectivity index (χ3n) is 2.76. The van der Waals surface area contributed by atoms with Gasteiger partial charge in [0, 0.05) is 5.41 Å². The van der Waals surface area contributed by atoms with Crippen LogP contribution >= 0.6 is 0 Å². The average molecular weight is 273 g/mol. The number of Topliss-reactive ketones (excluding diaryl/α,β-unsaturated/α-hetero) is 1. The molecule has 0 saturated carbocycles. The second-order valence-electron chi connectivity index (χ2n) is 5.36. The zero-order valence-corrected chi connectivity index (χ0v) is 12.5. The van der Waals surface area contributed by atoms with Gasteiger partial charge in [-0.3, -0.25) is 4.79 Å². The van der Waals surface area contributed by atoms with Crippen LogP contribution in [0.5, 0.6) is 11.5 Å². The molecule has 1 aromatic carbocycles. The minimum atomic E-state index is -0.585. The molecule has 0 bridgehead atoms. The van der Waals surface area contributed by atoms with Crippen molar-refractivity contribution in [1.82, 2.24) is 0 Å². The number of methoxy groups -OCH3 is 2. The highest BCUT2D eigenvalue weighted by atomic mass is 16.5. The van der Waals surface area contributed by atoms with Crippen molar-refractivity contribution in [2.75, 3.05) is 14.2 Å². The average Bonchev–Trinajstić information content (AvgIpc) is 2.42. The van der Waals surface area contributed by atoms with Gasteiger partial charge in [-0.25, -0.2) is 0 Å². The van der Waals surface area contributed by atoms with Gasteiger partial charge in [0.15, 0.2) is 17.3 Å². The van der Waals surface area contributed by atoms with E-state index in [1.54, 1.807) is 52.2 Å². The van der Waals surface area contributed by atoms with E-state index in [2.05, 4.69) is 0 Å². The van der Waals surface area contributed by atoms with Crippen molar-refractivity contribution in [1.29, 1.82) is 5.26 Å². The highest BCUT2D eigenvalue weighted by molar-refractivity contribution is 6.06. The predicted octanol–water partition coefficient (Wildman–Crippen LogP) is 3.23. The first-order chi connectivity index (χ1) is 9.33. The molecule has 0 aliphatic heterocycles. The maximum absolute atomic E-state index is 12.1. The molecule has 0 aromatic heterocycles. The molecule has 0 atom stereocenters. The summed E-state index contributed by atoms with van der Waals surface area (Å²) >= 11 is 0. The number of benzene rings is 1. The molecular weight excluding hydrogens is 254 g/mol. The molecule has 1 rings (SSSR count). The number of hydrogen-bond acceptors (Lipinski definition) is 4. The van der Waals surface area contributed by atoms with Crippen molar-refractivity contribution in [3.8, 4) is 17.6 Å². The number of ketones is 1. The molecule has 0 fully saturated rings. The summed E-state index contributed by atoms with van der Waals surface area (Å²) in [4.78, 5) is 12.1. The second-order valence-corrected chi connectivity index (χ2v) is 5.36. The van der Waals surface area contributed by atoms with Crippen molar-refractivity contribution in [3.63, 3.8) is 0 Å². The Morgan fingerprint density at radius 1 is 1.20 bits per heavy atom. The van der Waals surface area contributed by atoms with E-state index in [0.717, 1.165) is 5.56 Å². The third kappa shape index (κ3) is 3.61. The van der Waals surface area contributed by atoms with E-state index >= 15 is 0 Å². The van der Waals surface area contributed by atoms with Gasteiger partial charge in [-0.15, -0.1) is 0 Å². The quantitative estimate of drug-likeness (QED) is 0.624. The minimum Gasteiger partial charge on any atom is -0.493 e. The first-order valence-corrected chi connectivity index (χ1v) is 6.22. The van der Waals surface area contributed by atoms with Gasteiger partial charge >= 0.3 is 0 Å². The Morgan fingerprint density at radius 3 is 2.25 bits per heavy atom. The number of hydrogen-bond donors (Lipinski definition) is 0. The molecule has 0 heterocycles. The molecule has 4 heteroatoms. The Bertz CT molecular complexity index is 574. The molecule has 0 unspecified atom stereocenters. The Morgan fingerprint density at radius 2 is 1.80 bits per heavy atom. The fraction of sp³-hybridized carbons (Fsp3) is 0.375. The van der Waals surface area contributed by atoms with Crippen molar-refractivity contribution in [2.45, 2.75) is 20.8 Å². The second kappa shape index (κ2) is 6.25. The molecule has 0 aliphatic carbocycles. The maximum atomic E-state index is 12.1. The highest BCUT2D eigenvalue weighted by Crippen LogP contribution is 2.29. The lowest BCUT2D eigenvalue weighted by molar-refractivity contribution is -0.121. The number of carbonyl (C=O) groups is 1. The van der Waals surface area contributed by atoms with Crippen molar-refractivity contribution >= 4 is 11.9 Å². The standard InChI is InChI=1S/C16H19NO3/c1-16(2,3)15(18)12(10-17)8-11-6-7-13(19-4)14(9-11)20-5/h6-9H,1-5H3. The molecule has 0 saturated heterocycles. The van der Waals surface area contributed by atoms with Crippen LogP contribution in [-0.2, 0) is 4.79 Å². The van der Waals surface area contributed by atoms with Crippen LogP contribution in [0.3, 0.4) is 0 Å². The monoisotopic (exact) mass is 273 g/mol. The first kappa shape index (κ1) is 15.8.